The fraction of sp³-hybridized carbons (Fsp3) is 0.143. The van der Waals surface area contributed by atoms with E-state index in [0.29, 0.717) is 22.0 Å². The molecule has 28 heavy (non-hydrogen) atoms. The van der Waals surface area contributed by atoms with Crippen LogP contribution in [0.25, 0.3) is 6.08 Å². The first kappa shape index (κ1) is 19.5. The number of phenolic OH excluding ortho intramolecular Hbond substituents is 1. The Bertz CT molecular complexity index is 1010. The minimum absolute atomic E-state index is 0.0231. The number of amides is 1. The number of ether oxygens (including phenoxy) is 2. The van der Waals surface area contributed by atoms with Gasteiger partial charge in [0.05, 0.1) is 25.4 Å². The van der Waals surface area contributed by atoms with Crippen LogP contribution in [0.15, 0.2) is 59.3 Å². The highest BCUT2D eigenvalue weighted by Crippen LogP contribution is 2.36. The van der Waals surface area contributed by atoms with Gasteiger partial charge in [-0.2, -0.15) is 0 Å². The van der Waals surface area contributed by atoms with E-state index in [1.54, 1.807) is 49.4 Å². The molecule has 0 aliphatic carbocycles. The van der Waals surface area contributed by atoms with Crippen molar-refractivity contribution < 1.29 is 24.2 Å². The van der Waals surface area contributed by atoms with Crippen LogP contribution in [0.3, 0.4) is 0 Å². The number of aromatic hydroxyl groups is 1. The molecule has 2 aromatic rings. The number of anilines is 1. The van der Waals surface area contributed by atoms with E-state index in [2.05, 4.69) is 0 Å². The lowest BCUT2D eigenvalue weighted by molar-refractivity contribution is -0.136. The van der Waals surface area contributed by atoms with Gasteiger partial charge in [-0.15, -0.1) is 0 Å². The third-order valence-electron chi connectivity index (χ3n) is 4.39. The van der Waals surface area contributed by atoms with E-state index in [9.17, 15) is 14.7 Å². The molecule has 0 fully saturated rings. The zero-order valence-electron chi connectivity index (χ0n) is 15.5. The van der Waals surface area contributed by atoms with Crippen LogP contribution in [0, 0.1) is 0 Å². The van der Waals surface area contributed by atoms with Gasteiger partial charge < -0.3 is 14.6 Å². The molecule has 1 amide bonds. The molecule has 3 rings (SSSR count). The number of rotatable bonds is 4. The number of hydrogen-bond donors (Lipinski definition) is 1. The molecule has 0 bridgehead atoms. The SMILES string of the molecule is COC(=O)C1=C(C)N(c2ccc(Cl)cc2)C(=O)C1=Cc1ccc(O)c(OC)c1. The molecular weight excluding hydrogens is 382 g/mol. The Morgan fingerprint density at radius 3 is 2.43 bits per heavy atom. The minimum Gasteiger partial charge on any atom is -0.504 e. The minimum atomic E-state index is -0.612. The van der Waals surface area contributed by atoms with Gasteiger partial charge in [0.1, 0.15) is 0 Å². The predicted molar refractivity (Wildman–Crippen MR) is 106 cm³/mol. The number of nitrogens with zero attached hydrogens (tertiary/aromatic N) is 1. The Morgan fingerprint density at radius 1 is 1.14 bits per heavy atom. The van der Waals surface area contributed by atoms with E-state index in [-0.39, 0.29) is 28.6 Å². The van der Waals surface area contributed by atoms with Crippen LogP contribution < -0.4 is 9.64 Å². The molecule has 144 valence electrons. The molecule has 7 heteroatoms. The molecule has 6 nitrogen and oxygen atoms in total. The topological polar surface area (TPSA) is 76.1 Å². The van der Waals surface area contributed by atoms with Gasteiger partial charge in [0, 0.05) is 16.4 Å². The molecule has 1 N–H and O–H groups in total. The molecule has 2 aromatic carbocycles. The summed E-state index contributed by atoms with van der Waals surface area (Å²) in [7, 11) is 2.69. The van der Waals surface area contributed by atoms with Crippen molar-refractivity contribution in [1.82, 2.24) is 0 Å². The van der Waals surface area contributed by atoms with Crippen molar-refractivity contribution in [3.8, 4) is 11.5 Å². The standard InChI is InChI=1S/C21H18ClNO5/c1-12-19(21(26)28-3)16(10-13-4-9-17(24)18(11-13)27-2)20(25)23(12)15-7-5-14(22)6-8-15/h4-11,24H,1-3H3. The molecule has 0 radical (unpaired) electrons. The summed E-state index contributed by atoms with van der Waals surface area (Å²) in [6.07, 6.45) is 1.57. The van der Waals surface area contributed by atoms with Gasteiger partial charge in [0.15, 0.2) is 11.5 Å². The normalized spacial score (nSPS) is 15.4. The number of methoxy groups -OCH3 is 2. The highest BCUT2D eigenvalue weighted by Gasteiger charge is 2.37. The van der Waals surface area contributed by atoms with Gasteiger partial charge in [-0.05, 0) is 55.0 Å². The number of allylic oxidation sites excluding steroid dienone is 1. The largest absolute Gasteiger partial charge is 0.504 e. The van der Waals surface area contributed by atoms with Crippen LogP contribution in [-0.4, -0.2) is 31.2 Å². The van der Waals surface area contributed by atoms with E-state index in [4.69, 9.17) is 21.1 Å². The van der Waals surface area contributed by atoms with Crippen molar-refractivity contribution in [2.45, 2.75) is 6.92 Å². The number of hydrogen-bond acceptors (Lipinski definition) is 5. The molecule has 1 heterocycles. The van der Waals surface area contributed by atoms with Crippen LogP contribution in [0.1, 0.15) is 12.5 Å². The quantitative estimate of drug-likeness (QED) is 0.622. The molecule has 0 spiro atoms. The Kier molecular flexibility index (Phi) is 5.42. The molecule has 0 atom stereocenters. The lowest BCUT2D eigenvalue weighted by Crippen LogP contribution is -2.24. The fourth-order valence-corrected chi connectivity index (χ4v) is 3.16. The molecule has 1 aliphatic heterocycles. The molecule has 0 saturated heterocycles. The second-order valence-electron chi connectivity index (χ2n) is 6.06. The van der Waals surface area contributed by atoms with Gasteiger partial charge in [-0.1, -0.05) is 17.7 Å². The van der Waals surface area contributed by atoms with E-state index >= 15 is 0 Å². The van der Waals surface area contributed by atoms with Crippen LogP contribution in [0.5, 0.6) is 11.5 Å². The van der Waals surface area contributed by atoms with Gasteiger partial charge in [-0.25, -0.2) is 4.79 Å². The Balaban J connectivity index is 2.13. The Hall–Kier alpha value is -3.25. The van der Waals surface area contributed by atoms with Crippen molar-refractivity contribution in [3.63, 3.8) is 0 Å². The van der Waals surface area contributed by atoms with E-state index in [0.717, 1.165) is 0 Å². The van der Waals surface area contributed by atoms with E-state index < -0.39 is 5.97 Å². The van der Waals surface area contributed by atoms with E-state index in [1.165, 1.54) is 25.2 Å². The third kappa shape index (κ3) is 3.46. The summed E-state index contributed by atoms with van der Waals surface area (Å²) in [4.78, 5) is 27.0. The highest BCUT2D eigenvalue weighted by molar-refractivity contribution is 6.30. The van der Waals surface area contributed by atoms with Gasteiger partial charge in [0.25, 0.3) is 5.91 Å². The summed E-state index contributed by atoms with van der Waals surface area (Å²) in [6, 6.07) is 11.4. The predicted octanol–water partition coefficient (Wildman–Crippen LogP) is 3.93. The smallest absolute Gasteiger partial charge is 0.340 e. The number of halogens is 1. The van der Waals surface area contributed by atoms with Crippen LogP contribution in [0.4, 0.5) is 5.69 Å². The third-order valence-corrected chi connectivity index (χ3v) is 4.64. The summed E-state index contributed by atoms with van der Waals surface area (Å²) in [6.45, 7) is 1.68. The zero-order chi connectivity index (χ0) is 20.4. The van der Waals surface area contributed by atoms with Gasteiger partial charge in [-0.3, -0.25) is 9.69 Å². The van der Waals surface area contributed by atoms with Crippen LogP contribution in [0.2, 0.25) is 5.02 Å². The molecule has 0 aromatic heterocycles. The number of carbonyl (C=O) groups is 2. The Morgan fingerprint density at radius 2 is 1.82 bits per heavy atom. The first-order valence-electron chi connectivity index (χ1n) is 8.35. The Labute approximate surface area is 167 Å². The van der Waals surface area contributed by atoms with Crippen LogP contribution >= 0.6 is 11.6 Å². The zero-order valence-corrected chi connectivity index (χ0v) is 16.3. The average molecular weight is 400 g/mol. The second-order valence-corrected chi connectivity index (χ2v) is 6.49. The first-order chi connectivity index (χ1) is 13.4. The van der Waals surface area contributed by atoms with Crippen molar-refractivity contribution >= 4 is 35.2 Å². The maximum atomic E-state index is 13.2. The lowest BCUT2D eigenvalue weighted by atomic mass is 10.0. The van der Waals surface area contributed by atoms with Crippen molar-refractivity contribution in [1.29, 1.82) is 0 Å². The summed E-state index contributed by atoms with van der Waals surface area (Å²) in [5.41, 5.74) is 1.99. The van der Waals surface area contributed by atoms with Crippen LogP contribution in [-0.2, 0) is 14.3 Å². The summed E-state index contributed by atoms with van der Waals surface area (Å²) < 4.78 is 9.99. The molecule has 0 saturated carbocycles. The monoisotopic (exact) mass is 399 g/mol. The van der Waals surface area contributed by atoms with Crippen molar-refractivity contribution in [2.75, 3.05) is 19.1 Å². The van der Waals surface area contributed by atoms with Crippen molar-refractivity contribution in [3.05, 3.63) is 69.9 Å². The summed E-state index contributed by atoms with van der Waals surface area (Å²) in [5.74, 6) is -0.744. The number of benzene rings is 2. The van der Waals surface area contributed by atoms with Gasteiger partial charge in [0.2, 0.25) is 0 Å². The summed E-state index contributed by atoms with van der Waals surface area (Å²) >= 11 is 5.94. The first-order valence-corrected chi connectivity index (χ1v) is 8.73. The molecular formula is C21H18ClNO5. The lowest BCUT2D eigenvalue weighted by Gasteiger charge is -2.17. The highest BCUT2D eigenvalue weighted by atomic mass is 35.5. The number of carbonyl (C=O) groups excluding carboxylic acids is 2. The molecule has 1 aliphatic rings. The van der Waals surface area contributed by atoms with E-state index in [1.807, 2.05) is 0 Å². The number of esters is 1. The maximum Gasteiger partial charge on any atom is 0.340 e. The maximum absolute atomic E-state index is 13.2. The fourth-order valence-electron chi connectivity index (χ4n) is 3.03. The second kappa shape index (κ2) is 7.78. The average Bonchev–Trinajstić information content (AvgIpc) is 2.93. The van der Waals surface area contributed by atoms with Crippen molar-refractivity contribution in [2.24, 2.45) is 0 Å². The number of phenols is 1. The van der Waals surface area contributed by atoms with Gasteiger partial charge >= 0.3 is 5.97 Å². The summed E-state index contributed by atoms with van der Waals surface area (Å²) in [5, 5.41) is 10.3. The molecule has 0 unspecified atom stereocenters.